The number of carbonyl (C=O) groups excluding carboxylic acids is 2. The van der Waals surface area contributed by atoms with Crippen LogP contribution < -0.4 is 5.32 Å². The third kappa shape index (κ3) is 2.39. The van der Waals surface area contributed by atoms with Gasteiger partial charge < -0.3 is 15.2 Å². The molecule has 1 atom stereocenters. The monoisotopic (exact) mass is 285 g/mol. The SMILES string of the molecule is CC(C)C1C(=O)NCCN1C(=O)c1ccc2cc[nH]c2c1. The summed E-state index contributed by atoms with van der Waals surface area (Å²) < 4.78 is 0. The fraction of sp³-hybridized carbons (Fsp3) is 0.375. The van der Waals surface area contributed by atoms with Gasteiger partial charge in [0.05, 0.1) is 0 Å². The number of aromatic amines is 1. The maximum atomic E-state index is 12.8. The summed E-state index contributed by atoms with van der Waals surface area (Å²) in [6.45, 7) is 4.99. The second-order valence-corrected chi connectivity index (χ2v) is 5.76. The molecule has 21 heavy (non-hydrogen) atoms. The van der Waals surface area contributed by atoms with E-state index in [9.17, 15) is 9.59 Å². The van der Waals surface area contributed by atoms with Crippen molar-refractivity contribution >= 4 is 22.7 Å². The van der Waals surface area contributed by atoms with E-state index >= 15 is 0 Å². The van der Waals surface area contributed by atoms with Gasteiger partial charge in [0.1, 0.15) is 6.04 Å². The van der Waals surface area contributed by atoms with Crippen LogP contribution in [0.2, 0.25) is 0 Å². The Morgan fingerprint density at radius 1 is 1.33 bits per heavy atom. The molecule has 5 heteroatoms. The van der Waals surface area contributed by atoms with Gasteiger partial charge in [-0.3, -0.25) is 9.59 Å². The fourth-order valence-electron chi connectivity index (χ4n) is 2.92. The molecule has 2 heterocycles. The number of carbonyl (C=O) groups is 2. The first-order valence-corrected chi connectivity index (χ1v) is 7.24. The maximum absolute atomic E-state index is 12.8. The summed E-state index contributed by atoms with van der Waals surface area (Å²) in [5.41, 5.74) is 1.55. The topological polar surface area (TPSA) is 65.2 Å². The molecule has 0 saturated carbocycles. The number of H-pyrrole nitrogens is 1. The molecule has 1 unspecified atom stereocenters. The quantitative estimate of drug-likeness (QED) is 0.883. The molecule has 1 aromatic heterocycles. The van der Waals surface area contributed by atoms with E-state index < -0.39 is 6.04 Å². The highest BCUT2D eigenvalue weighted by Gasteiger charge is 2.35. The van der Waals surface area contributed by atoms with E-state index in [4.69, 9.17) is 0 Å². The lowest BCUT2D eigenvalue weighted by molar-refractivity contribution is -0.129. The van der Waals surface area contributed by atoms with Gasteiger partial charge >= 0.3 is 0 Å². The number of aromatic nitrogens is 1. The van der Waals surface area contributed by atoms with E-state index in [0.29, 0.717) is 18.7 Å². The van der Waals surface area contributed by atoms with Crippen LogP contribution in [0.3, 0.4) is 0 Å². The number of benzene rings is 1. The van der Waals surface area contributed by atoms with E-state index in [1.165, 1.54) is 0 Å². The summed E-state index contributed by atoms with van der Waals surface area (Å²) in [4.78, 5) is 29.6. The summed E-state index contributed by atoms with van der Waals surface area (Å²) in [5.74, 6) is -0.0610. The highest BCUT2D eigenvalue weighted by atomic mass is 16.2. The van der Waals surface area contributed by atoms with Crippen molar-refractivity contribution in [3.8, 4) is 0 Å². The first kappa shape index (κ1) is 13.7. The Morgan fingerprint density at radius 3 is 2.90 bits per heavy atom. The minimum Gasteiger partial charge on any atom is -0.361 e. The van der Waals surface area contributed by atoms with Crippen LogP contribution in [0.15, 0.2) is 30.5 Å². The molecular formula is C16H19N3O2. The first-order chi connectivity index (χ1) is 10.1. The first-order valence-electron chi connectivity index (χ1n) is 7.24. The normalized spacial score (nSPS) is 19.1. The molecule has 1 aliphatic heterocycles. The Kier molecular flexibility index (Phi) is 3.41. The van der Waals surface area contributed by atoms with Crippen LogP contribution in [0, 0.1) is 5.92 Å². The number of hydrogen-bond acceptors (Lipinski definition) is 2. The molecule has 110 valence electrons. The van der Waals surface area contributed by atoms with Crippen LogP contribution in [0.25, 0.3) is 10.9 Å². The van der Waals surface area contributed by atoms with Gasteiger partial charge in [0.15, 0.2) is 0 Å². The van der Waals surface area contributed by atoms with Gasteiger partial charge in [-0.2, -0.15) is 0 Å². The molecule has 0 bridgehead atoms. The van der Waals surface area contributed by atoms with Crippen molar-refractivity contribution < 1.29 is 9.59 Å². The van der Waals surface area contributed by atoms with Gasteiger partial charge in [-0.25, -0.2) is 0 Å². The van der Waals surface area contributed by atoms with Gasteiger partial charge in [-0.05, 0) is 29.5 Å². The average Bonchev–Trinajstić information content (AvgIpc) is 2.93. The lowest BCUT2D eigenvalue weighted by Gasteiger charge is -2.37. The Balaban J connectivity index is 1.93. The molecule has 0 aliphatic carbocycles. The largest absolute Gasteiger partial charge is 0.361 e. The lowest BCUT2D eigenvalue weighted by Crippen LogP contribution is -2.59. The van der Waals surface area contributed by atoms with Crippen molar-refractivity contribution in [1.82, 2.24) is 15.2 Å². The number of rotatable bonds is 2. The second kappa shape index (κ2) is 5.24. The highest BCUT2D eigenvalue weighted by Crippen LogP contribution is 2.20. The molecule has 1 aromatic carbocycles. The minimum absolute atomic E-state index is 0.0643. The predicted molar refractivity (Wildman–Crippen MR) is 81.0 cm³/mol. The Morgan fingerprint density at radius 2 is 2.14 bits per heavy atom. The van der Waals surface area contributed by atoms with Crippen LogP contribution in [-0.2, 0) is 4.79 Å². The van der Waals surface area contributed by atoms with E-state index in [1.54, 1.807) is 4.90 Å². The number of hydrogen-bond donors (Lipinski definition) is 2. The van der Waals surface area contributed by atoms with Crippen molar-refractivity contribution in [1.29, 1.82) is 0 Å². The molecule has 1 aliphatic rings. The molecule has 5 nitrogen and oxygen atoms in total. The van der Waals surface area contributed by atoms with Crippen molar-refractivity contribution in [3.05, 3.63) is 36.0 Å². The molecule has 1 saturated heterocycles. The Bertz CT molecular complexity index is 690. The van der Waals surface area contributed by atoms with Crippen LogP contribution in [-0.4, -0.2) is 40.8 Å². The molecular weight excluding hydrogens is 266 g/mol. The number of piperazine rings is 1. The van der Waals surface area contributed by atoms with Crippen LogP contribution >= 0.6 is 0 Å². The lowest BCUT2D eigenvalue weighted by atomic mass is 9.98. The second-order valence-electron chi connectivity index (χ2n) is 5.76. The van der Waals surface area contributed by atoms with Crippen molar-refractivity contribution in [2.75, 3.05) is 13.1 Å². The molecule has 3 rings (SSSR count). The van der Waals surface area contributed by atoms with Crippen LogP contribution in [0.4, 0.5) is 0 Å². The Labute approximate surface area is 123 Å². The van der Waals surface area contributed by atoms with E-state index in [2.05, 4.69) is 10.3 Å². The summed E-state index contributed by atoms with van der Waals surface area (Å²) in [6, 6.07) is 7.16. The zero-order chi connectivity index (χ0) is 15.0. The van der Waals surface area contributed by atoms with Crippen molar-refractivity contribution in [2.24, 2.45) is 5.92 Å². The third-order valence-electron chi connectivity index (χ3n) is 3.95. The molecule has 0 radical (unpaired) electrons. The molecule has 0 spiro atoms. The van der Waals surface area contributed by atoms with Gasteiger partial charge in [-0.1, -0.05) is 19.9 Å². The average molecular weight is 285 g/mol. The fourth-order valence-corrected chi connectivity index (χ4v) is 2.92. The number of nitrogens with zero attached hydrogens (tertiary/aromatic N) is 1. The standard InChI is InChI=1S/C16H19N3O2/c1-10(2)14-15(20)18-7-8-19(14)16(21)12-4-3-11-5-6-17-13(11)9-12/h3-6,9-10,14,17H,7-8H2,1-2H3,(H,18,20). The summed E-state index contributed by atoms with van der Waals surface area (Å²) in [5, 5.41) is 3.91. The van der Waals surface area contributed by atoms with Gasteiger partial charge in [0.2, 0.25) is 5.91 Å². The Hall–Kier alpha value is -2.30. The van der Waals surface area contributed by atoms with E-state index in [0.717, 1.165) is 10.9 Å². The van der Waals surface area contributed by atoms with Crippen molar-refractivity contribution in [2.45, 2.75) is 19.9 Å². The number of fused-ring (bicyclic) bond motifs is 1. The molecule has 2 N–H and O–H groups in total. The van der Waals surface area contributed by atoms with Gasteiger partial charge in [-0.15, -0.1) is 0 Å². The zero-order valence-electron chi connectivity index (χ0n) is 12.2. The van der Waals surface area contributed by atoms with Crippen molar-refractivity contribution in [3.63, 3.8) is 0 Å². The van der Waals surface area contributed by atoms with Gasteiger partial charge in [0.25, 0.3) is 5.91 Å². The summed E-state index contributed by atoms with van der Waals surface area (Å²) in [6.07, 6.45) is 1.85. The summed E-state index contributed by atoms with van der Waals surface area (Å²) >= 11 is 0. The molecule has 2 amide bonds. The predicted octanol–water partition coefficient (Wildman–Crippen LogP) is 1.76. The van der Waals surface area contributed by atoms with Crippen LogP contribution in [0.1, 0.15) is 24.2 Å². The summed E-state index contributed by atoms with van der Waals surface area (Å²) in [7, 11) is 0. The minimum atomic E-state index is -0.398. The third-order valence-corrected chi connectivity index (χ3v) is 3.95. The van der Waals surface area contributed by atoms with Crippen LogP contribution in [0.5, 0.6) is 0 Å². The molecule has 1 fully saturated rings. The van der Waals surface area contributed by atoms with E-state index in [1.807, 2.05) is 44.3 Å². The molecule has 2 aromatic rings. The number of nitrogens with one attached hydrogen (secondary N) is 2. The highest BCUT2D eigenvalue weighted by molar-refractivity contribution is 6.00. The maximum Gasteiger partial charge on any atom is 0.254 e. The van der Waals surface area contributed by atoms with Gasteiger partial charge in [0, 0.05) is 30.4 Å². The zero-order valence-corrected chi connectivity index (χ0v) is 12.2. The van der Waals surface area contributed by atoms with E-state index in [-0.39, 0.29) is 17.7 Å². The number of amides is 2. The smallest absolute Gasteiger partial charge is 0.254 e.